The van der Waals surface area contributed by atoms with Gasteiger partial charge in [-0.3, -0.25) is 14.9 Å². The van der Waals surface area contributed by atoms with E-state index in [1.807, 2.05) is 0 Å². The van der Waals surface area contributed by atoms with E-state index in [0.29, 0.717) is 10.0 Å². The molecule has 0 bridgehead atoms. The Balaban J connectivity index is 2.79. The number of nitrogens with one attached hydrogen (secondary N) is 1. The van der Waals surface area contributed by atoms with Gasteiger partial charge in [0.15, 0.2) is 0 Å². The number of nitro benzene ring substituents is 1. The molecule has 0 spiro atoms. The molecule has 1 amide bonds. The highest BCUT2D eigenvalue weighted by atomic mass is 79.9. The minimum Gasteiger partial charge on any atom is -0.480 e. The number of hydrogen-bond acceptors (Lipinski definition) is 4. The van der Waals surface area contributed by atoms with Crippen molar-refractivity contribution in [2.45, 2.75) is 26.3 Å². The summed E-state index contributed by atoms with van der Waals surface area (Å²) in [5.41, 5.74) is 0.461. The lowest BCUT2D eigenvalue weighted by atomic mass is 10.0. The zero-order valence-electron chi connectivity index (χ0n) is 11.5. The van der Waals surface area contributed by atoms with Gasteiger partial charge in [-0.05, 0) is 11.5 Å². The molecule has 0 saturated carbocycles. The molecule has 7 nitrogen and oxygen atoms in total. The van der Waals surface area contributed by atoms with Crippen LogP contribution in [0.2, 0.25) is 0 Å². The molecule has 0 aliphatic rings. The highest BCUT2D eigenvalue weighted by molar-refractivity contribution is 9.10. The Kier molecular flexibility index (Phi) is 5.83. The maximum Gasteiger partial charge on any atom is 0.326 e. The van der Waals surface area contributed by atoms with Gasteiger partial charge in [0.25, 0.3) is 5.69 Å². The molecule has 2 N–H and O–H groups in total. The standard InChI is InChI=1S/C13H15BrN2O5/c1-7(2)12(13(18)19)15-11(17)5-8-3-4-9(16(20)21)6-10(8)14/h3-4,6-7,12H,5H2,1-2H3,(H,15,17)(H,18,19)/t12-/m0/s1. The van der Waals surface area contributed by atoms with Crippen molar-refractivity contribution in [2.24, 2.45) is 5.92 Å². The highest BCUT2D eigenvalue weighted by Crippen LogP contribution is 2.23. The van der Waals surface area contributed by atoms with Crippen LogP contribution in [0, 0.1) is 16.0 Å². The van der Waals surface area contributed by atoms with E-state index in [4.69, 9.17) is 5.11 Å². The molecule has 0 aliphatic carbocycles. The topological polar surface area (TPSA) is 110 Å². The third-order valence-electron chi connectivity index (χ3n) is 2.85. The zero-order chi connectivity index (χ0) is 16.2. The molecular weight excluding hydrogens is 344 g/mol. The number of amides is 1. The molecule has 0 aliphatic heterocycles. The van der Waals surface area contributed by atoms with Crippen LogP contribution in [0.5, 0.6) is 0 Å². The Hall–Kier alpha value is -1.96. The number of nitro groups is 1. The van der Waals surface area contributed by atoms with Crippen LogP contribution < -0.4 is 5.32 Å². The van der Waals surface area contributed by atoms with Crippen molar-refractivity contribution < 1.29 is 19.6 Å². The number of carboxylic acids is 1. The molecule has 1 rings (SSSR count). The van der Waals surface area contributed by atoms with Crippen molar-refractivity contribution in [3.05, 3.63) is 38.3 Å². The molecular formula is C13H15BrN2O5. The summed E-state index contributed by atoms with van der Waals surface area (Å²) in [6.07, 6.45) is -0.0604. The Labute approximate surface area is 129 Å². The predicted octanol–water partition coefficient (Wildman–Crippen LogP) is 2.13. The fourth-order valence-electron chi connectivity index (χ4n) is 1.70. The largest absolute Gasteiger partial charge is 0.480 e. The van der Waals surface area contributed by atoms with Crippen molar-refractivity contribution in [3.8, 4) is 0 Å². The molecule has 0 aromatic heterocycles. The van der Waals surface area contributed by atoms with Crippen molar-refractivity contribution in [2.75, 3.05) is 0 Å². The molecule has 114 valence electrons. The van der Waals surface area contributed by atoms with Crippen LogP contribution in [0.3, 0.4) is 0 Å². The minimum absolute atomic E-state index is 0.0604. The van der Waals surface area contributed by atoms with Gasteiger partial charge in [0.05, 0.1) is 11.3 Å². The van der Waals surface area contributed by atoms with E-state index < -0.39 is 22.8 Å². The summed E-state index contributed by atoms with van der Waals surface area (Å²) in [6, 6.07) is 3.10. The second kappa shape index (κ2) is 7.16. The van der Waals surface area contributed by atoms with Crippen LogP contribution in [0.4, 0.5) is 5.69 Å². The van der Waals surface area contributed by atoms with E-state index in [-0.39, 0.29) is 18.0 Å². The Bertz CT molecular complexity index is 574. The van der Waals surface area contributed by atoms with Crippen molar-refractivity contribution >= 4 is 33.5 Å². The average Bonchev–Trinajstić information content (AvgIpc) is 2.37. The molecule has 21 heavy (non-hydrogen) atoms. The van der Waals surface area contributed by atoms with Gasteiger partial charge in [-0.1, -0.05) is 35.8 Å². The van der Waals surface area contributed by atoms with E-state index in [9.17, 15) is 19.7 Å². The van der Waals surface area contributed by atoms with E-state index >= 15 is 0 Å². The molecule has 0 fully saturated rings. The smallest absolute Gasteiger partial charge is 0.326 e. The summed E-state index contributed by atoms with van der Waals surface area (Å²) in [5.74, 6) is -1.79. The first-order valence-corrected chi connectivity index (χ1v) is 6.96. The van der Waals surface area contributed by atoms with Crippen molar-refractivity contribution in [1.29, 1.82) is 0 Å². The first-order valence-electron chi connectivity index (χ1n) is 6.17. The number of non-ortho nitro benzene ring substituents is 1. The van der Waals surface area contributed by atoms with Gasteiger partial charge in [0.1, 0.15) is 6.04 Å². The summed E-state index contributed by atoms with van der Waals surface area (Å²) in [4.78, 5) is 33.0. The zero-order valence-corrected chi connectivity index (χ0v) is 13.1. The Morgan fingerprint density at radius 1 is 1.43 bits per heavy atom. The molecule has 8 heteroatoms. The van der Waals surface area contributed by atoms with Crippen LogP contribution in [-0.4, -0.2) is 27.9 Å². The summed E-state index contributed by atoms with van der Waals surface area (Å²) >= 11 is 3.17. The van der Waals surface area contributed by atoms with Crippen LogP contribution in [-0.2, 0) is 16.0 Å². The van der Waals surface area contributed by atoms with E-state index in [0.717, 1.165) is 0 Å². The van der Waals surface area contributed by atoms with Gasteiger partial charge in [-0.25, -0.2) is 4.79 Å². The quantitative estimate of drug-likeness (QED) is 0.597. The number of carbonyl (C=O) groups excluding carboxylic acids is 1. The SMILES string of the molecule is CC(C)[C@H](NC(=O)Cc1ccc([N+](=O)[O-])cc1Br)C(=O)O. The van der Waals surface area contributed by atoms with E-state index in [1.54, 1.807) is 13.8 Å². The number of carbonyl (C=O) groups is 2. The number of aliphatic carboxylic acids is 1. The van der Waals surface area contributed by atoms with Gasteiger partial charge >= 0.3 is 5.97 Å². The van der Waals surface area contributed by atoms with Gasteiger partial charge in [-0.2, -0.15) is 0 Å². The molecule has 0 radical (unpaired) electrons. The van der Waals surface area contributed by atoms with Gasteiger partial charge in [0.2, 0.25) is 5.91 Å². The molecule has 1 atom stereocenters. The van der Waals surface area contributed by atoms with E-state index in [1.165, 1.54) is 18.2 Å². The normalized spacial score (nSPS) is 12.0. The van der Waals surface area contributed by atoms with Crippen LogP contribution in [0.1, 0.15) is 19.4 Å². The average molecular weight is 359 g/mol. The number of benzene rings is 1. The molecule has 1 aromatic carbocycles. The van der Waals surface area contributed by atoms with Crippen LogP contribution >= 0.6 is 15.9 Å². The Morgan fingerprint density at radius 3 is 2.48 bits per heavy atom. The first kappa shape index (κ1) is 17.1. The summed E-state index contributed by atoms with van der Waals surface area (Å²) in [6.45, 7) is 3.39. The first-order chi connectivity index (χ1) is 9.72. The second-order valence-corrected chi connectivity index (χ2v) is 5.69. The van der Waals surface area contributed by atoms with Crippen LogP contribution in [0.15, 0.2) is 22.7 Å². The van der Waals surface area contributed by atoms with E-state index in [2.05, 4.69) is 21.2 Å². The fraction of sp³-hybridized carbons (Fsp3) is 0.385. The summed E-state index contributed by atoms with van der Waals surface area (Å²) in [5, 5.41) is 22.1. The highest BCUT2D eigenvalue weighted by Gasteiger charge is 2.23. The monoisotopic (exact) mass is 358 g/mol. The number of nitrogens with zero attached hydrogens (tertiary/aromatic N) is 1. The third kappa shape index (κ3) is 4.82. The molecule has 0 unspecified atom stereocenters. The Morgan fingerprint density at radius 2 is 2.05 bits per heavy atom. The molecule has 0 saturated heterocycles. The number of rotatable bonds is 6. The van der Waals surface area contributed by atoms with Crippen LogP contribution in [0.25, 0.3) is 0 Å². The van der Waals surface area contributed by atoms with Crippen molar-refractivity contribution in [3.63, 3.8) is 0 Å². The lowest BCUT2D eigenvalue weighted by molar-refractivity contribution is -0.384. The predicted molar refractivity (Wildman–Crippen MR) is 78.9 cm³/mol. The number of hydrogen-bond donors (Lipinski definition) is 2. The lowest BCUT2D eigenvalue weighted by Gasteiger charge is -2.18. The molecule has 1 aromatic rings. The van der Waals surface area contributed by atoms with Gasteiger partial charge < -0.3 is 10.4 Å². The lowest BCUT2D eigenvalue weighted by Crippen LogP contribution is -2.44. The minimum atomic E-state index is -1.10. The van der Waals surface area contributed by atoms with Crippen molar-refractivity contribution in [1.82, 2.24) is 5.32 Å². The third-order valence-corrected chi connectivity index (χ3v) is 3.59. The van der Waals surface area contributed by atoms with Gasteiger partial charge in [0, 0.05) is 16.6 Å². The maximum absolute atomic E-state index is 11.9. The molecule has 0 heterocycles. The second-order valence-electron chi connectivity index (χ2n) is 4.84. The number of halogens is 1. The number of carboxylic acid groups (broad SMARTS) is 1. The maximum atomic E-state index is 11.9. The summed E-state index contributed by atoms with van der Waals surface area (Å²) < 4.78 is 0.434. The van der Waals surface area contributed by atoms with Gasteiger partial charge in [-0.15, -0.1) is 0 Å². The summed E-state index contributed by atoms with van der Waals surface area (Å²) in [7, 11) is 0. The fourth-order valence-corrected chi connectivity index (χ4v) is 2.21.